The van der Waals surface area contributed by atoms with Crippen LogP contribution in [0.15, 0.2) is 12.5 Å². The lowest BCUT2D eigenvalue weighted by Crippen LogP contribution is -2.26. The Morgan fingerprint density at radius 3 is 3.00 bits per heavy atom. The first-order chi connectivity index (χ1) is 9.56. The van der Waals surface area contributed by atoms with Gasteiger partial charge in [0.2, 0.25) is 5.91 Å². The summed E-state index contributed by atoms with van der Waals surface area (Å²) in [6.07, 6.45) is 3.44. The van der Waals surface area contributed by atoms with Crippen molar-refractivity contribution in [1.29, 1.82) is 0 Å². The van der Waals surface area contributed by atoms with E-state index in [1.807, 2.05) is 0 Å². The number of hydrogen-bond acceptors (Lipinski definition) is 6. The molecule has 1 aliphatic rings. The van der Waals surface area contributed by atoms with Crippen LogP contribution in [0.25, 0.3) is 11.0 Å². The van der Waals surface area contributed by atoms with E-state index >= 15 is 0 Å². The number of thioether (sulfide) groups is 1. The van der Waals surface area contributed by atoms with Crippen molar-refractivity contribution in [3.05, 3.63) is 12.5 Å². The molecule has 0 saturated carbocycles. The monoisotopic (exact) mass is 291 g/mol. The number of aryl methyl sites for hydroxylation is 1. The van der Waals surface area contributed by atoms with Gasteiger partial charge >= 0.3 is 0 Å². The average molecular weight is 291 g/mol. The maximum absolute atomic E-state index is 12.1. The van der Waals surface area contributed by atoms with Crippen LogP contribution in [0.2, 0.25) is 0 Å². The lowest BCUT2D eigenvalue weighted by Gasteiger charge is -2.15. The predicted octanol–water partition coefficient (Wildman–Crippen LogP) is 0.748. The fraction of sp³-hybridized carbons (Fsp3) is 0.417. The summed E-state index contributed by atoms with van der Waals surface area (Å²) in [5, 5.41) is 4.90. The van der Waals surface area contributed by atoms with Gasteiger partial charge in [0.1, 0.15) is 12.1 Å². The SMILES string of the molecule is CC(=O)SC1CC(=O)N(c2ncnc3c2cnn3C)C1. The summed E-state index contributed by atoms with van der Waals surface area (Å²) >= 11 is 1.21. The molecular formula is C12H13N5O2S. The molecule has 1 saturated heterocycles. The number of fused-ring (bicyclic) bond motifs is 1. The summed E-state index contributed by atoms with van der Waals surface area (Å²) in [4.78, 5) is 33.3. The first kappa shape index (κ1) is 13.0. The maximum atomic E-state index is 12.1. The van der Waals surface area contributed by atoms with Gasteiger partial charge in [-0.1, -0.05) is 11.8 Å². The van der Waals surface area contributed by atoms with Crippen molar-refractivity contribution in [1.82, 2.24) is 19.7 Å². The molecule has 1 aliphatic heterocycles. The molecule has 1 fully saturated rings. The standard InChI is InChI=1S/C12H13N5O2S/c1-7(18)20-8-3-10(19)17(5-8)12-9-4-15-16(2)11(9)13-6-14-12/h4,6,8H,3,5H2,1-2H3. The van der Waals surface area contributed by atoms with Gasteiger partial charge in [-0.05, 0) is 0 Å². The molecule has 0 bridgehead atoms. The molecule has 1 atom stereocenters. The Morgan fingerprint density at radius 2 is 2.25 bits per heavy atom. The zero-order valence-corrected chi connectivity index (χ0v) is 11.9. The van der Waals surface area contributed by atoms with E-state index in [0.29, 0.717) is 24.4 Å². The number of rotatable bonds is 2. The van der Waals surface area contributed by atoms with Crippen LogP contribution < -0.4 is 4.90 Å². The van der Waals surface area contributed by atoms with E-state index < -0.39 is 0 Å². The third kappa shape index (κ3) is 2.15. The minimum Gasteiger partial charge on any atom is -0.295 e. The van der Waals surface area contributed by atoms with Crippen molar-refractivity contribution < 1.29 is 9.59 Å². The molecule has 0 radical (unpaired) electrons. The molecule has 2 aromatic heterocycles. The summed E-state index contributed by atoms with van der Waals surface area (Å²) < 4.78 is 1.64. The van der Waals surface area contributed by atoms with E-state index in [1.165, 1.54) is 25.0 Å². The molecule has 7 nitrogen and oxygen atoms in total. The van der Waals surface area contributed by atoms with Crippen LogP contribution in [-0.4, -0.2) is 42.6 Å². The number of aromatic nitrogens is 4. The Bertz CT molecular complexity index is 698. The first-order valence-electron chi connectivity index (χ1n) is 6.16. The molecule has 0 N–H and O–H groups in total. The van der Waals surface area contributed by atoms with E-state index in [0.717, 1.165) is 5.39 Å². The predicted molar refractivity (Wildman–Crippen MR) is 75.3 cm³/mol. The minimum absolute atomic E-state index is 0.0123. The summed E-state index contributed by atoms with van der Waals surface area (Å²) in [7, 11) is 1.79. The van der Waals surface area contributed by atoms with Crippen molar-refractivity contribution in [2.45, 2.75) is 18.6 Å². The lowest BCUT2D eigenvalue weighted by atomic mass is 10.3. The van der Waals surface area contributed by atoms with Crippen molar-refractivity contribution in [2.75, 3.05) is 11.4 Å². The Kier molecular flexibility index (Phi) is 3.17. The molecule has 3 rings (SSSR count). The molecule has 0 aliphatic carbocycles. The number of anilines is 1. The maximum Gasteiger partial charge on any atom is 0.229 e. The van der Waals surface area contributed by atoms with Gasteiger partial charge in [-0.25, -0.2) is 9.97 Å². The molecule has 104 valence electrons. The van der Waals surface area contributed by atoms with Crippen molar-refractivity contribution in [3.8, 4) is 0 Å². The third-order valence-electron chi connectivity index (χ3n) is 3.19. The smallest absolute Gasteiger partial charge is 0.229 e. The second-order valence-corrected chi connectivity index (χ2v) is 6.12. The van der Waals surface area contributed by atoms with Crippen LogP contribution in [0.4, 0.5) is 5.82 Å². The summed E-state index contributed by atoms with van der Waals surface area (Å²) in [5.41, 5.74) is 0.686. The van der Waals surface area contributed by atoms with Gasteiger partial charge in [0.25, 0.3) is 0 Å². The van der Waals surface area contributed by atoms with Gasteiger partial charge in [0.05, 0.1) is 11.6 Å². The van der Waals surface area contributed by atoms with E-state index in [4.69, 9.17) is 0 Å². The number of hydrogen-bond donors (Lipinski definition) is 0. The zero-order valence-electron chi connectivity index (χ0n) is 11.1. The topological polar surface area (TPSA) is 81.0 Å². The average Bonchev–Trinajstić information content (AvgIpc) is 2.93. The van der Waals surface area contributed by atoms with Crippen molar-refractivity contribution >= 4 is 39.6 Å². The minimum atomic E-state index is -0.0207. The van der Waals surface area contributed by atoms with Crippen molar-refractivity contribution in [3.63, 3.8) is 0 Å². The Balaban J connectivity index is 1.95. The molecule has 0 aromatic carbocycles. The number of amides is 1. The summed E-state index contributed by atoms with van der Waals surface area (Å²) in [6, 6.07) is 0. The largest absolute Gasteiger partial charge is 0.295 e. The fourth-order valence-corrected chi connectivity index (χ4v) is 3.28. The summed E-state index contributed by atoms with van der Waals surface area (Å²) in [6.45, 7) is 2.01. The number of carbonyl (C=O) groups excluding carboxylic acids is 2. The third-order valence-corrected chi connectivity index (χ3v) is 4.17. The molecule has 8 heteroatoms. The second-order valence-electron chi connectivity index (χ2n) is 4.64. The molecule has 3 heterocycles. The quantitative estimate of drug-likeness (QED) is 0.812. The van der Waals surface area contributed by atoms with Gasteiger partial charge < -0.3 is 0 Å². The van der Waals surface area contributed by atoms with Gasteiger partial charge in [0.15, 0.2) is 10.8 Å². The molecule has 1 amide bonds. The highest BCUT2D eigenvalue weighted by atomic mass is 32.2. The molecule has 1 unspecified atom stereocenters. The van der Waals surface area contributed by atoms with E-state index in [-0.39, 0.29) is 16.3 Å². The number of carbonyl (C=O) groups is 2. The molecular weight excluding hydrogens is 278 g/mol. The molecule has 20 heavy (non-hydrogen) atoms. The Morgan fingerprint density at radius 1 is 1.45 bits per heavy atom. The van der Waals surface area contributed by atoms with Gasteiger partial charge in [-0.15, -0.1) is 0 Å². The highest BCUT2D eigenvalue weighted by Crippen LogP contribution is 2.30. The van der Waals surface area contributed by atoms with Crippen LogP contribution in [-0.2, 0) is 16.6 Å². The Labute approximate surface area is 119 Å². The van der Waals surface area contributed by atoms with Crippen LogP contribution >= 0.6 is 11.8 Å². The highest BCUT2D eigenvalue weighted by molar-refractivity contribution is 8.14. The first-order valence-corrected chi connectivity index (χ1v) is 7.04. The lowest BCUT2D eigenvalue weighted by molar-refractivity contribution is -0.117. The van der Waals surface area contributed by atoms with E-state index in [1.54, 1.807) is 22.8 Å². The fourth-order valence-electron chi connectivity index (χ4n) is 2.36. The molecule has 0 spiro atoms. The normalized spacial score (nSPS) is 19.0. The zero-order chi connectivity index (χ0) is 14.3. The number of nitrogens with zero attached hydrogens (tertiary/aromatic N) is 5. The van der Waals surface area contributed by atoms with Gasteiger partial charge in [-0.3, -0.25) is 19.2 Å². The van der Waals surface area contributed by atoms with Crippen LogP contribution in [0.1, 0.15) is 13.3 Å². The van der Waals surface area contributed by atoms with E-state index in [9.17, 15) is 9.59 Å². The van der Waals surface area contributed by atoms with Gasteiger partial charge in [0, 0.05) is 32.2 Å². The van der Waals surface area contributed by atoms with Crippen LogP contribution in [0, 0.1) is 0 Å². The van der Waals surface area contributed by atoms with Crippen LogP contribution in [0.5, 0.6) is 0 Å². The molecule has 2 aromatic rings. The van der Waals surface area contributed by atoms with E-state index in [2.05, 4.69) is 15.1 Å². The summed E-state index contributed by atoms with van der Waals surface area (Å²) in [5.74, 6) is 0.548. The van der Waals surface area contributed by atoms with Crippen LogP contribution in [0.3, 0.4) is 0 Å². The Hall–Kier alpha value is -1.96. The highest BCUT2D eigenvalue weighted by Gasteiger charge is 2.33. The second kappa shape index (κ2) is 4.86. The van der Waals surface area contributed by atoms with Gasteiger partial charge in [-0.2, -0.15) is 5.10 Å². The van der Waals surface area contributed by atoms with Crippen molar-refractivity contribution in [2.24, 2.45) is 7.05 Å².